The highest BCUT2D eigenvalue weighted by Gasteiger charge is 2.45. The highest BCUT2D eigenvalue weighted by Crippen LogP contribution is 2.32. The van der Waals surface area contributed by atoms with Gasteiger partial charge >= 0.3 is 24.1 Å². The van der Waals surface area contributed by atoms with Crippen molar-refractivity contribution >= 4 is 17.9 Å². The van der Waals surface area contributed by atoms with Gasteiger partial charge in [-0.2, -0.15) is 13.2 Å². The molecule has 0 spiro atoms. The lowest BCUT2D eigenvalue weighted by Gasteiger charge is -2.19. The molecule has 10 heteroatoms. The largest absolute Gasteiger partial charge is 0.426 e. The molecule has 1 unspecified atom stereocenters. The summed E-state index contributed by atoms with van der Waals surface area (Å²) in [5.41, 5.74) is -0.408. The van der Waals surface area contributed by atoms with Crippen molar-refractivity contribution in [3.05, 3.63) is 53.8 Å². The van der Waals surface area contributed by atoms with Gasteiger partial charge in [-0.1, -0.05) is 84.5 Å². The molecule has 0 fully saturated rings. The number of hydrogen-bond donors (Lipinski definition) is 0. The molecule has 238 valence electrons. The molecule has 0 N–H and O–H groups in total. The quantitative estimate of drug-likeness (QED) is 0.0682. The summed E-state index contributed by atoms with van der Waals surface area (Å²) in [6.07, 6.45) is 5.97. The van der Waals surface area contributed by atoms with E-state index in [-0.39, 0.29) is 36.5 Å². The molecule has 0 aliphatic heterocycles. The molecule has 0 saturated carbocycles. The van der Waals surface area contributed by atoms with Gasteiger partial charge in [-0.25, -0.2) is 9.18 Å². The van der Waals surface area contributed by atoms with Crippen LogP contribution in [0, 0.1) is 11.7 Å². The van der Waals surface area contributed by atoms with E-state index in [1.54, 1.807) is 0 Å². The fraction of sp³-hybridized carbons (Fsp3) is 0.545. The van der Waals surface area contributed by atoms with E-state index in [0.717, 1.165) is 50.7 Å². The van der Waals surface area contributed by atoms with E-state index in [4.69, 9.17) is 14.2 Å². The van der Waals surface area contributed by atoms with Crippen LogP contribution in [0.15, 0.2) is 42.5 Å². The summed E-state index contributed by atoms with van der Waals surface area (Å²) in [4.78, 5) is 36.8. The molecule has 2 aromatic rings. The van der Waals surface area contributed by atoms with Crippen molar-refractivity contribution in [2.75, 3.05) is 0 Å². The molecule has 2 rings (SSSR count). The topological polar surface area (TPSA) is 78.9 Å². The van der Waals surface area contributed by atoms with E-state index in [2.05, 4.69) is 6.92 Å². The predicted octanol–water partition coefficient (Wildman–Crippen LogP) is 9.54. The Morgan fingerprint density at radius 2 is 1.19 bits per heavy atom. The van der Waals surface area contributed by atoms with Crippen molar-refractivity contribution in [2.24, 2.45) is 5.92 Å². The maximum absolute atomic E-state index is 14.6. The minimum absolute atomic E-state index is 0.0358. The van der Waals surface area contributed by atoms with Crippen molar-refractivity contribution < 1.29 is 46.2 Å². The van der Waals surface area contributed by atoms with Crippen LogP contribution >= 0.6 is 0 Å². The van der Waals surface area contributed by atoms with Gasteiger partial charge in [0.25, 0.3) is 0 Å². The predicted molar refractivity (Wildman–Crippen MR) is 155 cm³/mol. The van der Waals surface area contributed by atoms with Crippen molar-refractivity contribution in [3.8, 4) is 17.2 Å². The summed E-state index contributed by atoms with van der Waals surface area (Å²) in [5, 5.41) is 0. The average molecular weight is 611 g/mol. The van der Waals surface area contributed by atoms with Gasteiger partial charge in [0.1, 0.15) is 23.1 Å². The molecule has 43 heavy (non-hydrogen) atoms. The zero-order valence-electron chi connectivity index (χ0n) is 25.0. The van der Waals surface area contributed by atoms with Crippen LogP contribution in [-0.4, -0.2) is 24.1 Å². The number of halogens is 4. The van der Waals surface area contributed by atoms with Gasteiger partial charge in [-0.3, -0.25) is 9.59 Å². The molecule has 1 atom stereocenters. The maximum Gasteiger partial charge on any atom is 0.402 e. The lowest BCUT2D eigenvalue weighted by atomic mass is 10.00. The van der Waals surface area contributed by atoms with Gasteiger partial charge in [-0.15, -0.1) is 0 Å². The highest BCUT2D eigenvalue weighted by atomic mass is 19.4. The van der Waals surface area contributed by atoms with Gasteiger partial charge < -0.3 is 14.2 Å². The smallest absolute Gasteiger partial charge is 0.402 e. The van der Waals surface area contributed by atoms with Crippen LogP contribution in [0.25, 0.3) is 0 Å². The number of unbranched alkanes of at least 4 members (excludes halogenated alkanes) is 10. The Balaban J connectivity index is 1.86. The second kappa shape index (κ2) is 19.0. The normalized spacial score (nSPS) is 12.0. The molecule has 0 aliphatic carbocycles. The third kappa shape index (κ3) is 13.6. The lowest BCUT2D eigenvalue weighted by Crippen LogP contribution is -2.33. The van der Waals surface area contributed by atoms with Crippen molar-refractivity contribution in [3.63, 3.8) is 0 Å². The number of carbonyl (C=O) groups excluding carboxylic acids is 3. The third-order valence-electron chi connectivity index (χ3n) is 6.91. The Kier molecular flexibility index (Phi) is 15.8. The standard InChI is InChI=1S/C33H42F4O6/c1-3-5-7-9-10-12-14-16-30(38)41-26-21-22-27(29(34)23-26)31(39)42-24-17-19-25(20-18-24)43-32(40)28(33(35,36)37)15-13-11-8-6-4-2/h17-23,28H,3-16H2,1-2H3. The van der Waals surface area contributed by atoms with E-state index >= 15 is 0 Å². The minimum Gasteiger partial charge on any atom is -0.426 e. The van der Waals surface area contributed by atoms with E-state index in [1.165, 1.54) is 49.6 Å². The van der Waals surface area contributed by atoms with Crippen molar-refractivity contribution in [1.82, 2.24) is 0 Å². The van der Waals surface area contributed by atoms with Crippen LogP contribution in [-0.2, 0) is 9.59 Å². The fourth-order valence-electron chi connectivity index (χ4n) is 4.43. The summed E-state index contributed by atoms with van der Waals surface area (Å²) in [5.74, 6) is -6.36. The Morgan fingerprint density at radius 3 is 1.74 bits per heavy atom. The maximum atomic E-state index is 14.6. The molecule has 0 amide bonds. The second-order valence-electron chi connectivity index (χ2n) is 10.6. The third-order valence-corrected chi connectivity index (χ3v) is 6.91. The molecule has 2 aromatic carbocycles. The molecule has 0 aliphatic rings. The van der Waals surface area contributed by atoms with E-state index in [9.17, 15) is 31.9 Å². The SMILES string of the molecule is CCCCCCCCCC(=O)Oc1ccc(C(=O)Oc2ccc(OC(=O)C(CCCCCCC)C(F)(F)F)cc2)c(F)c1. The van der Waals surface area contributed by atoms with Crippen LogP contribution in [0.5, 0.6) is 17.2 Å². The van der Waals surface area contributed by atoms with Crippen LogP contribution in [0.1, 0.15) is 114 Å². The van der Waals surface area contributed by atoms with Crippen LogP contribution in [0.3, 0.4) is 0 Å². The zero-order chi connectivity index (χ0) is 31.7. The number of benzene rings is 2. The number of carbonyl (C=O) groups is 3. The highest BCUT2D eigenvalue weighted by molar-refractivity contribution is 5.91. The number of esters is 3. The molecule has 0 bridgehead atoms. The summed E-state index contributed by atoms with van der Waals surface area (Å²) in [6, 6.07) is 8.12. The van der Waals surface area contributed by atoms with Crippen LogP contribution in [0.4, 0.5) is 17.6 Å². The van der Waals surface area contributed by atoms with Crippen molar-refractivity contribution in [2.45, 2.75) is 110 Å². The van der Waals surface area contributed by atoms with Gasteiger partial charge in [0.05, 0.1) is 5.56 Å². The number of rotatable bonds is 19. The molecule has 6 nitrogen and oxygen atoms in total. The second-order valence-corrected chi connectivity index (χ2v) is 10.6. The first-order valence-corrected chi connectivity index (χ1v) is 15.2. The summed E-state index contributed by atoms with van der Waals surface area (Å²) < 4.78 is 70.1. The minimum atomic E-state index is -4.73. The molecular weight excluding hydrogens is 568 g/mol. The fourth-order valence-corrected chi connectivity index (χ4v) is 4.43. The van der Waals surface area contributed by atoms with Crippen LogP contribution in [0.2, 0.25) is 0 Å². The molecular formula is C33H42F4O6. The zero-order valence-corrected chi connectivity index (χ0v) is 25.0. The first-order chi connectivity index (χ1) is 20.5. The average Bonchev–Trinajstić information content (AvgIpc) is 2.94. The first kappa shape index (κ1) is 35.8. The number of ether oxygens (including phenoxy) is 3. The molecule has 0 radical (unpaired) electrons. The Hall–Kier alpha value is -3.43. The van der Waals surface area contributed by atoms with Gasteiger partial charge in [-0.05, 0) is 49.2 Å². The first-order valence-electron chi connectivity index (χ1n) is 15.2. The van der Waals surface area contributed by atoms with Gasteiger partial charge in [0, 0.05) is 12.5 Å². The summed E-state index contributed by atoms with van der Waals surface area (Å²) in [6.45, 7) is 4.14. The summed E-state index contributed by atoms with van der Waals surface area (Å²) in [7, 11) is 0. The monoisotopic (exact) mass is 610 g/mol. The summed E-state index contributed by atoms with van der Waals surface area (Å²) >= 11 is 0. The Labute approximate surface area is 251 Å². The van der Waals surface area contributed by atoms with Gasteiger partial charge in [0.2, 0.25) is 0 Å². The molecule has 0 saturated heterocycles. The number of alkyl halides is 3. The number of hydrogen-bond acceptors (Lipinski definition) is 6. The van der Waals surface area contributed by atoms with E-state index in [1.807, 2.05) is 6.92 Å². The molecule has 0 heterocycles. The Morgan fingerprint density at radius 1 is 0.674 bits per heavy atom. The van der Waals surface area contributed by atoms with Crippen molar-refractivity contribution in [1.29, 1.82) is 0 Å². The van der Waals surface area contributed by atoms with E-state index in [0.29, 0.717) is 12.8 Å². The lowest BCUT2D eigenvalue weighted by molar-refractivity contribution is -0.193. The Bertz CT molecular complexity index is 1150. The molecule has 0 aromatic heterocycles. The van der Waals surface area contributed by atoms with Crippen LogP contribution < -0.4 is 14.2 Å². The van der Waals surface area contributed by atoms with Gasteiger partial charge in [0.15, 0.2) is 5.92 Å². The van der Waals surface area contributed by atoms with E-state index < -0.39 is 41.4 Å².